The van der Waals surface area contributed by atoms with Gasteiger partial charge in [0, 0.05) is 50.9 Å². The van der Waals surface area contributed by atoms with Gasteiger partial charge in [-0.25, -0.2) is 0 Å². The predicted molar refractivity (Wildman–Crippen MR) is 93.7 cm³/mol. The second kappa shape index (κ2) is 9.75. The third kappa shape index (κ3) is 5.86. The molecular formula is C16H22ClF3N4O2. The van der Waals surface area contributed by atoms with E-state index in [-0.39, 0.29) is 42.5 Å². The first-order valence-electron chi connectivity index (χ1n) is 7.94. The van der Waals surface area contributed by atoms with Crippen LogP contribution in [0.1, 0.15) is 20.7 Å². The van der Waals surface area contributed by atoms with Gasteiger partial charge in [0.05, 0.1) is 0 Å². The van der Waals surface area contributed by atoms with Crippen molar-refractivity contribution in [2.45, 2.75) is 12.2 Å². The maximum absolute atomic E-state index is 13.3. The Morgan fingerprint density at radius 2 is 1.77 bits per heavy atom. The maximum atomic E-state index is 13.3. The second-order valence-electron chi connectivity index (χ2n) is 5.71. The minimum atomic E-state index is -4.44. The Labute approximate surface area is 155 Å². The van der Waals surface area contributed by atoms with Crippen molar-refractivity contribution in [2.24, 2.45) is 0 Å². The van der Waals surface area contributed by atoms with E-state index < -0.39 is 24.7 Å². The van der Waals surface area contributed by atoms with Gasteiger partial charge in [-0.3, -0.25) is 14.5 Å². The molecule has 26 heavy (non-hydrogen) atoms. The third-order valence-corrected chi connectivity index (χ3v) is 4.04. The third-order valence-electron chi connectivity index (χ3n) is 4.04. The summed E-state index contributed by atoms with van der Waals surface area (Å²) in [4.78, 5) is 25.1. The van der Waals surface area contributed by atoms with Crippen molar-refractivity contribution in [3.63, 3.8) is 0 Å². The first kappa shape index (κ1) is 22.2. The molecule has 146 valence electrons. The zero-order valence-electron chi connectivity index (χ0n) is 14.2. The topological polar surface area (TPSA) is 73.5 Å². The largest absolute Gasteiger partial charge is 0.405 e. The number of rotatable bonds is 5. The summed E-state index contributed by atoms with van der Waals surface area (Å²) in [6.07, 6.45) is -4.44. The average Bonchev–Trinajstić information content (AvgIpc) is 2.61. The highest BCUT2D eigenvalue weighted by Crippen LogP contribution is 2.24. The lowest BCUT2D eigenvalue weighted by Gasteiger charge is -2.35. The molecule has 1 atom stereocenters. The van der Waals surface area contributed by atoms with Gasteiger partial charge in [-0.15, -0.1) is 12.4 Å². The molecular weight excluding hydrogens is 373 g/mol. The molecule has 0 aromatic heterocycles. The van der Waals surface area contributed by atoms with Gasteiger partial charge in [0.2, 0.25) is 0 Å². The van der Waals surface area contributed by atoms with Gasteiger partial charge >= 0.3 is 6.18 Å². The minimum absolute atomic E-state index is 0. The average molecular weight is 395 g/mol. The lowest BCUT2D eigenvalue weighted by molar-refractivity contribution is -0.183. The van der Waals surface area contributed by atoms with Crippen LogP contribution in [0, 0.1) is 0 Å². The molecule has 0 spiro atoms. The first-order valence-corrected chi connectivity index (χ1v) is 7.94. The highest BCUT2D eigenvalue weighted by molar-refractivity contribution is 5.99. The fourth-order valence-electron chi connectivity index (χ4n) is 2.68. The Morgan fingerprint density at radius 3 is 2.31 bits per heavy atom. The fraction of sp³-hybridized carbons (Fsp3) is 0.500. The van der Waals surface area contributed by atoms with Gasteiger partial charge in [0.1, 0.15) is 6.04 Å². The summed E-state index contributed by atoms with van der Waals surface area (Å²) < 4.78 is 39.9. The van der Waals surface area contributed by atoms with E-state index in [1.54, 1.807) is 0 Å². The summed E-state index contributed by atoms with van der Waals surface area (Å²) in [7, 11) is 1.45. The molecule has 0 radical (unpaired) electrons. The Balaban J connectivity index is 0.00000338. The SMILES string of the molecule is CNC(=O)c1cccc(C(=O)NCC(N2CCNCC2)C(F)(F)F)c1.Cl. The summed E-state index contributed by atoms with van der Waals surface area (Å²) in [5.74, 6) is -1.02. The van der Waals surface area contributed by atoms with E-state index in [2.05, 4.69) is 16.0 Å². The molecule has 0 aliphatic carbocycles. The molecule has 1 heterocycles. The van der Waals surface area contributed by atoms with E-state index >= 15 is 0 Å². The van der Waals surface area contributed by atoms with Crippen LogP contribution >= 0.6 is 12.4 Å². The van der Waals surface area contributed by atoms with Crippen LogP contribution < -0.4 is 16.0 Å². The lowest BCUT2D eigenvalue weighted by Crippen LogP contribution is -2.57. The number of hydrogen-bond donors (Lipinski definition) is 3. The number of nitrogens with zero attached hydrogens (tertiary/aromatic N) is 1. The van der Waals surface area contributed by atoms with Crippen LogP contribution in [0.2, 0.25) is 0 Å². The van der Waals surface area contributed by atoms with Crippen LogP contribution in [-0.4, -0.2) is 68.7 Å². The monoisotopic (exact) mass is 394 g/mol. The van der Waals surface area contributed by atoms with Crippen molar-refractivity contribution < 1.29 is 22.8 Å². The number of carbonyl (C=O) groups excluding carboxylic acids is 2. The number of carbonyl (C=O) groups is 2. The number of alkyl halides is 3. The molecule has 1 aromatic rings. The normalized spacial score (nSPS) is 16.3. The van der Waals surface area contributed by atoms with Crippen LogP contribution in [0.4, 0.5) is 13.2 Å². The molecule has 0 bridgehead atoms. The van der Waals surface area contributed by atoms with Crippen molar-refractivity contribution in [3.8, 4) is 0 Å². The van der Waals surface area contributed by atoms with Gasteiger partial charge in [0.15, 0.2) is 0 Å². The quantitative estimate of drug-likeness (QED) is 0.697. The van der Waals surface area contributed by atoms with Crippen LogP contribution in [0.15, 0.2) is 24.3 Å². The highest BCUT2D eigenvalue weighted by atomic mass is 35.5. The summed E-state index contributed by atoms with van der Waals surface area (Å²) >= 11 is 0. The van der Waals surface area contributed by atoms with Crippen molar-refractivity contribution >= 4 is 24.2 Å². The van der Waals surface area contributed by atoms with Crippen molar-refractivity contribution in [1.29, 1.82) is 0 Å². The molecule has 1 saturated heterocycles. The molecule has 2 amide bonds. The number of amides is 2. The van der Waals surface area contributed by atoms with E-state index in [9.17, 15) is 22.8 Å². The Bertz CT molecular complexity index is 622. The number of hydrogen-bond acceptors (Lipinski definition) is 4. The van der Waals surface area contributed by atoms with Crippen LogP contribution in [0.25, 0.3) is 0 Å². The van der Waals surface area contributed by atoms with Crippen LogP contribution in [0.3, 0.4) is 0 Å². The number of benzene rings is 1. The van der Waals surface area contributed by atoms with Crippen LogP contribution in [-0.2, 0) is 0 Å². The smallest absolute Gasteiger partial charge is 0.355 e. The van der Waals surface area contributed by atoms with Gasteiger partial charge in [-0.05, 0) is 18.2 Å². The molecule has 2 rings (SSSR count). The van der Waals surface area contributed by atoms with Gasteiger partial charge < -0.3 is 16.0 Å². The Morgan fingerprint density at radius 1 is 1.19 bits per heavy atom. The lowest BCUT2D eigenvalue weighted by atomic mass is 10.1. The zero-order chi connectivity index (χ0) is 18.4. The highest BCUT2D eigenvalue weighted by Gasteiger charge is 2.43. The standard InChI is InChI=1S/C16H21F3N4O2.ClH/c1-20-14(24)11-3-2-4-12(9-11)15(25)22-10-13(16(17,18)19)23-7-5-21-6-8-23;/h2-4,9,13,21H,5-8,10H2,1H3,(H,20,24)(H,22,25);1H. The molecule has 1 aliphatic rings. The van der Waals surface area contributed by atoms with Gasteiger partial charge in [-0.2, -0.15) is 13.2 Å². The summed E-state index contributed by atoms with van der Waals surface area (Å²) in [6, 6.07) is 4.10. The molecule has 3 N–H and O–H groups in total. The molecule has 1 unspecified atom stereocenters. The maximum Gasteiger partial charge on any atom is 0.405 e. The van der Waals surface area contributed by atoms with E-state index in [1.165, 1.54) is 36.2 Å². The summed E-state index contributed by atoms with van der Waals surface area (Å²) in [5.41, 5.74) is 0.409. The molecule has 1 aromatic carbocycles. The van der Waals surface area contributed by atoms with E-state index in [0.717, 1.165) is 0 Å². The second-order valence-corrected chi connectivity index (χ2v) is 5.71. The van der Waals surface area contributed by atoms with Crippen molar-refractivity contribution in [1.82, 2.24) is 20.9 Å². The Kier molecular flexibility index (Phi) is 8.32. The van der Waals surface area contributed by atoms with E-state index in [4.69, 9.17) is 0 Å². The number of piperazine rings is 1. The molecule has 0 saturated carbocycles. The summed E-state index contributed by atoms with van der Waals surface area (Å²) in [6.45, 7) is 0.967. The van der Waals surface area contributed by atoms with E-state index in [1.807, 2.05) is 0 Å². The van der Waals surface area contributed by atoms with E-state index in [0.29, 0.717) is 13.1 Å². The Hall–Kier alpha value is -1.84. The number of halogens is 4. The summed E-state index contributed by atoms with van der Waals surface area (Å²) in [5, 5.41) is 7.76. The molecule has 6 nitrogen and oxygen atoms in total. The molecule has 1 fully saturated rings. The predicted octanol–water partition coefficient (Wildman–Crippen LogP) is 1.03. The molecule has 10 heteroatoms. The fourth-order valence-corrected chi connectivity index (χ4v) is 2.68. The number of nitrogens with one attached hydrogen (secondary N) is 3. The zero-order valence-corrected chi connectivity index (χ0v) is 15.0. The van der Waals surface area contributed by atoms with Crippen molar-refractivity contribution in [3.05, 3.63) is 35.4 Å². The first-order chi connectivity index (χ1) is 11.8. The van der Waals surface area contributed by atoms with Gasteiger partial charge in [0.25, 0.3) is 11.8 Å². The van der Waals surface area contributed by atoms with Crippen molar-refractivity contribution in [2.75, 3.05) is 39.8 Å². The van der Waals surface area contributed by atoms with Crippen LogP contribution in [0.5, 0.6) is 0 Å². The molecule has 1 aliphatic heterocycles. The minimum Gasteiger partial charge on any atom is -0.355 e. The van der Waals surface area contributed by atoms with Gasteiger partial charge in [-0.1, -0.05) is 6.07 Å².